The van der Waals surface area contributed by atoms with Gasteiger partial charge in [-0.3, -0.25) is 0 Å². The number of fused-ring (bicyclic) bond motifs is 1. The van der Waals surface area contributed by atoms with E-state index in [4.69, 9.17) is 11.6 Å². The molecular weight excluding hydrogens is 391 g/mol. The van der Waals surface area contributed by atoms with Crippen molar-refractivity contribution in [3.8, 4) is 11.1 Å². The van der Waals surface area contributed by atoms with Gasteiger partial charge in [0.05, 0.1) is 0 Å². The van der Waals surface area contributed by atoms with E-state index in [9.17, 15) is 0 Å². The van der Waals surface area contributed by atoms with Crippen LogP contribution < -0.4 is 0 Å². The van der Waals surface area contributed by atoms with E-state index in [0.29, 0.717) is 16.0 Å². The normalized spacial score (nSPS) is 11.2. The molecule has 0 aliphatic rings. The zero-order valence-corrected chi connectivity index (χ0v) is 18.1. The molecule has 0 fully saturated rings. The van der Waals surface area contributed by atoms with Crippen LogP contribution in [0.4, 0.5) is 4.39 Å². The highest BCUT2D eigenvalue weighted by atomic mass is 35.5. The van der Waals surface area contributed by atoms with Gasteiger partial charge in [0.2, 0.25) is 0 Å². The van der Waals surface area contributed by atoms with Crippen LogP contribution >= 0.6 is 11.6 Å². The average Bonchev–Trinajstić information content (AvgIpc) is 2.78. The standard InChI is InChI=1S/C28H26ClF/c1-2-3-4-20-5-7-21(8-6-20)9-10-22-11-17-27-24(19-22)14-18-26(28(27)30)23-12-15-25(29)16-13-23/h5-8,11-19H,2-4,9-10H2,1H3. The molecule has 0 aliphatic carbocycles. The number of benzene rings is 4. The lowest BCUT2D eigenvalue weighted by atomic mass is 9.97. The Morgan fingerprint density at radius 3 is 2.03 bits per heavy atom. The molecule has 0 heterocycles. The molecule has 4 rings (SSSR count). The monoisotopic (exact) mass is 416 g/mol. The van der Waals surface area contributed by atoms with Gasteiger partial charge < -0.3 is 0 Å². The Hall–Kier alpha value is -2.64. The summed E-state index contributed by atoms with van der Waals surface area (Å²) in [4.78, 5) is 0. The van der Waals surface area contributed by atoms with E-state index in [-0.39, 0.29) is 5.82 Å². The first kappa shape index (κ1) is 20.6. The fourth-order valence-electron chi connectivity index (χ4n) is 3.89. The quantitative estimate of drug-likeness (QED) is 0.283. The smallest absolute Gasteiger partial charge is 0.138 e. The molecule has 4 aromatic carbocycles. The summed E-state index contributed by atoms with van der Waals surface area (Å²) in [5, 5.41) is 2.25. The first-order valence-electron chi connectivity index (χ1n) is 10.7. The summed E-state index contributed by atoms with van der Waals surface area (Å²) in [7, 11) is 0. The summed E-state index contributed by atoms with van der Waals surface area (Å²) in [6.45, 7) is 2.22. The second kappa shape index (κ2) is 9.45. The van der Waals surface area contributed by atoms with Crippen molar-refractivity contribution in [1.82, 2.24) is 0 Å². The summed E-state index contributed by atoms with van der Waals surface area (Å²) >= 11 is 5.96. The molecule has 0 bridgehead atoms. The molecule has 4 aromatic rings. The molecule has 0 unspecified atom stereocenters. The lowest BCUT2D eigenvalue weighted by molar-refractivity contribution is 0.643. The molecule has 0 amide bonds. The van der Waals surface area contributed by atoms with E-state index in [2.05, 4.69) is 37.3 Å². The Morgan fingerprint density at radius 1 is 0.700 bits per heavy atom. The summed E-state index contributed by atoms with van der Waals surface area (Å²) < 4.78 is 15.1. The van der Waals surface area contributed by atoms with Gasteiger partial charge in [-0.05, 0) is 65.5 Å². The molecule has 0 saturated heterocycles. The molecule has 30 heavy (non-hydrogen) atoms. The van der Waals surface area contributed by atoms with Gasteiger partial charge in [0, 0.05) is 16.0 Å². The van der Waals surface area contributed by atoms with Crippen LogP contribution in [0.2, 0.25) is 5.02 Å². The lowest BCUT2D eigenvalue weighted by Gasteiger charge is -2.09. The SMILES string of the molecule is CCCCc1ccc(CCc2ccc3c(F)c(-c4ccc(Cl)cc4)ccc3c2)cc1. The Balaban J connectivity index is 1.49. The molecule has 0 aliphatic heterocycles. The zero-order chi connectivity index (χ0) is 20.9. The van der Waals surface area contributed by atoms with E-state index < -0.39 is 0 Å². The molecule has 0 nitrogen and oxygen atoms in total. The van der Waals surface area contributed by atoms with Crippen LogP contribution in [0.5, 0.6) is 0 Å². The van der Waals surface area contributed by atoms with Gasteiger partial charge >= 0.3 is 0 Å². The summed E-state index contributed by atoms with van der Waals surface area (Å²) in [6, 6.07) is 26.2. The van der Waals surface area contributed by atoms with Crippen molar-refractivity contribution in [2.75, 3.05) is 0 Å². The molecule has 0 atom stereocenters. The molecule has 0 radical (unpaired) electrons. The summed E-state index contributed by atoms with van der Waals surface area (Å²) in [6.07, 6.45) is 5.57. The zero-order valence-electron chi connectivity index (χ0n) is 17.3. The topological polar surface area (TPSA) is 0 Å². The lowest BCUT2D eigenvalue weighted by Crippen LogP contribution is -1.94. The first-order chi connectivity index (χ1) is 14.6. The van der Waals surface area contributed by atoms with Crippen LogP contribution in [0.3, 0.4) is 0 Å². The highest BCUT2D eigenvalue weighted by Crippen LogP contribution is 2.30. The number of aryl methyl sites for hydroxylation is 3. The maximum atomic E-state index is 15.1. The van der Waals surface area contributed by atoms with Gasteiger partial charge in [-0.2, -0.15) is 0 Å². The molecule has 0 saturated carbocycles. The van der Waals surface area contributed by atoms with Gasteiger partial charge in [-0.25, -0.2) is 4.39 Å². The number of halogens is 2. The number of unbranched alkanes of at least 4 members (excludes halogenated alkanes) is 1. The average molecular weight is 417 g/mol. The third kappa shape index (κ3) is 4.74. The van der Waals surface area contributed by atoms with Crippen LogP contribution in [0.1, 0.15) is 36.5 Å². The van der Waals surface area contributed by atoms with E-state index in [0.717, 1.165) is 30.2 Å². The Kier molecular flexibility index (Phi) is 6.50. The van der Waals surface area contributed by atoms with Crippen molar-refractivity contribution in [2.45, 2.75) is 39.0 Å². The van der Waals surface area contributed by atoms with Crippen LogP contribution in [0.25, 0.3) is 21.9 Å². The third-order valence-corrected chi connectivity index (χ3v) is 5.97. The van der Waals surface area contributed by atoms with Crippen molar-refractivity contribution in [3.05, 3.63) is 106 Å². The maximum Gasteiger partial charge on any atom is 0.138 e. The molecule has 0 N–H and O–H groups in total. The highest BCUT2D eigenvalue weighted by molar-refractivity contribution is 6.30. The number of hydrogen-bond donors (Lipinski definition) is 0. The van der Waals surface area contributed by atoms with E-state index in [1.807, 2.05) is 36.4 Å². The van der Waals surface area contributed by atoms with Crippen molar-refractivity contribution in [3.63, 3.8) is 0 Å². The second-order valence-corrected chi connectivity index (χ2v) is 8.35. The maximum absolute atomic E-state index is 15.1. The van der Waals surface area contributed by atoms with E-state index in [1.165, 1.54) is 29.5 Å². The van der Waals surface area contributed by atoms with Gasteiger partial charge in [0.25, 0.3) is 0 Å². The number of hydrogen-bond acceptors (Lipinski definition) is 0. The fraction of sp³-hybridized carbons (Fsp3) is 0.214. The minimum Gasteiger partial charge on any atom is -0.206 e. The Morgan fingerprint density at radius 2 is 1.33 bits per heavy atom. The van der Waals surface area contributed by atoms with Crippen LogP contribution in [-0.2, 0) is 19.3 Å². The number of rotatable bonds is 7. The predicted octanol–water partition coefficient (Wildman–Crippen LogP) is 8.43. The molecule has 0 aromatic heterocycles. The Labute approximate surface area is 183 Å². The molecule has 2 heteroatoms. The van der Waals surface area contributed by atoms with E-state index >= 15 is 4.39 Å². The van der Waals surface area contributed by atoms with Crippen molar-refractivity contribution in [2.24, 2.45) is 0 Å². The molecule has 0 spiro atoms. The minimum absolute atomic E-state index is 0.177. The fourth-order valence-corrected chi connectivity index (χ4v) is 4.02. The second-order valence-electron chi connectivity index (χ2n) is 7.91. The Bertz CT molecular complexity index is 1130. The molecule has 152 valence electrons. The van der Waals surface area contributed by atoms with Gasteiger partial charge in [0.15, 0.2) is 0 Å². The van der Waals surface area contributed by atoms with Gasteiger partial charge in [-0.1, -0.05) is 91.7 Å². The van der Waals surface area contributed by atoms with Crippen LogP contribution in [0.15, 0.2) is 78.9 Å². The van der Waals surface area contributed by atoms with Crippen LogP contribution in [0, 0.1) is 5.82 Å². The highest BCUT2D eigenvalue weighted by Gasteiger charge is 2.10. The van der Waals surface area contributed by atoms with Gasteiger partial charge in [-0.15, -0.1) is 0 Å². The third-order valence-electron chi connectivity index (χ3n) is 5.72. The minimum atomic E-state index is -0.177. The largest absolute Gasteiger partial charge is 0.206 e. The van der Waals surface area contributed by atoms with Crippen molar-refractivity contribution < 1.29 is 4.39 Å². The van der Waals surface area contributed by atoms with Crippen molar-refractivity contribution >= 4 is 22.4 Å². The van der Waals surface area contributed by atoms with Gasteiger partial charge in [0.1, 0.15) is 5.82 Å². The summed E-state index contributed by atoms with van der Waals surface area (Å²) in [5.74, 6) is -0.177. The summed E-state index contributed by atoms with van der Waals surface area (Å²) in [5.41, 5.74) is 5.44. The van der Waals surface area contributed by atoms with E-state index in [1.54, 1.807) is 12.1 Å². The predicted molar refractivity (Wildman–Crippen MR) is 127 cm³/mol. The van der Waals surface area contributed by atoms with Crippen molar-refractivity contribution in [1.29, 1.82) is 0 Å². The molecular formula is C28H26ClF. The van der Waals surface area contributed by atoms with Crippen LogP contribution in [-0.4, -0.2) is 0 Å². The first-order valence-corrected chi connectivity index (χ1v) is 11.1.